The van der Waals surface area contributed by atoms with Crippen molar-refractivity contribution >= 4 is 12.1 Å². The van der Waals surface area contributed by atoms with Crippen LogP contribution in [0.3, 0.4) is 0 Å². The molecule has 0 radical (unpaired) electrons. The van der Waals surface area contributed by atoms with Gasteiger partial charge in [-0.1, -0.05) is 6.42 Å². The van der Waals surface area contributed by atoms with E-state index in [-0.39, 0.29) is 0 Å². The first-order chi connectivity index (χ1) is 10.6. The molecule has 126 valence electrons. The van der Waals surface area contributed by atoms with Gasteiger partial charge in [0.25, 0.3) is 0 Å². The molecule has 8 nitrogen and oxygen atoms in total. The molecule has 1 aliphatic rings. The first-order valence-electron chi connectivity index (χ1n) is 7.51. The maximum Gasteiger partial charge on any atom is 0.315 e. The summed E-state index contributed by atoms with van der Waals surface area (Å²) in [5.74, 6) is 0.648. The second kappa shape index (κ2) is 9.53. The van der Waals surface area contributed by atoms with Gasteiger partial charge in [0.15, 0.2) is 0 Å². The van der Waals surface area contributed by atoms with Crippen LogP contribution < -0.4 is 10.6 Å². The molecule has 0 aromatic rings. The van der Waals surface area contributed by atoms with Crippen molar-refractivity contribution in [2.75, 3.05) is 32.9 Å². The number of carbonyl (C=O) groups is 1. The van der Waals surface area contributed by atoms with E-state index in [0.29, 0.717) is 24.9 Å². The van der Waals surface area contributed by atoms with Gasteiger partial charge in [0, 0.05) is 6.54 Å². The van der Waals surface area contributed by atoms with E-state index in [1.807, 2.05) is 0 Å². The van der Waals surface area contributed by atoms with Crippen molar-refractivity contribution < 1.29 is 24.9 Å². The molecule has 2 unspecified atom stereocenters. The molecule has 0 aliphatic heterocycles. The summed E-state index contributed by atoms with van der Waals surface area (Å²) in [6, 6.07) is -0.537. The zero-order valence-corrected chi connectivity index (χ0v) is 12.6. The number of hydrogen-bond acceptors (Lipinski definition) is 6. The Hall–Kier alpha value is -1.47. The lowest BCUT2D eigenvalue weighted by Crippen LogP contribution is -2.59. The van der Waals surface area contributed by atoms with Crippen LogP contribution in [0.25, 0.3) is 0 Å². The van der Waals surface area contributed by atoms with Gasteiger partial charge in [-0.3, -0.25) is 0 Å². The SMILES string of the molecule is O=C=NCC1CCCC(CNC(=O)NC(CO)(CO)CO)C1. The van der Waals surface area contributed by atoms with Gasteiger partial charge in [-0.15, -0.1) is 0 Å². The third-order valence-electron chi connectivity index (χ3n) is 4.14. The fraction of sp³-hybridized carbons (Fsp3) is 0.857. The van der Waals surface area contributed by atoms with Crippen LogP contribution in [0.1, 0.15) is 25.7 Å². The largest absolute Gasteiger partial charge is 0.394 e. The van der Waals surface area contributed by atoms with Crippen LogP contribution in [0.4, 0.5) is 4.79 Å². The number of isocyanates is 1. The third-order valence-corrected chi connectivity index (χ3v) is 4.14. The van der Waals surface area contributed by atoms with Crippen LogP contribution in [0.2, 0.25) is 0 Å². The second-order valence-electron chi connectivity index (χ2n) is 5.92. The Kier molecular flexibility index (Phi) is 8.05. The molecule has 2 atom stereocenters. The molecule has 2 amide bonds. The van der Waals surface area contributed by atoms with Crippen molar-refractivity contribution in [3.05, 3.63) is 0 Å². The Bertz CT molecular complexity index is 386. The molecule has 0 aromatic heterocycles. The summed E-state index contributed by atoms with van der Waals surface area (Å²) < 4.78 is 0. The molecule has 0 aromatic carbocycles. The molecule has 22 heavy (non-hydrogen) atoms. The number of carbonyl (C=O) groups excluding carboxylic acids is 2. The van der Waals surface area contributed by atoms with E-state index in [0.717, 1.165) is 25.7 Å². The third kappa shape index (κ3) is 5.73. The smallest absolute Gasteiger partial charge is 0.315 e. The Morgan fingerprint density at radius 2 is 1.82 bits per heavy atom. The fourth-order valence-electron chi connectivity index (χ4n) is 2.71. The number of aliphatic hydroxyl groups is 3. The van der Waals surface area contributed by atoms with Crippen LogP contribution in [0, 0.1) is 11.8 Å². The standard InChI is InChI=1S/C14H25N3O5/c18-7-14(8-19,9-20)17-13(22)16-6-12-3-1-2-11(4-12)5-15-10-21/h11-12,18-20H,1-9H2,(H2,16,17,22). The molecule has 1 rings (SSSR count). The molecule has 0 bridgehead atoms. The minimum Gasteiger partial charge on any atom is -0.394 e. The molecule has 0 spiro atoms. The summed E-state index contributed by atoms with van der Waals surface area (Å²) in [6.45, 7) is -0.714. The molecular formula is C14H25N3O5. The van der Waals surface area contributed by atoms with Crippen molar-refractivity contribution in [3.63, 3.8) is 0 Å². The lowest BCUT2D eigenvalue weighted by Gasteiger charge is -2.30. The minimum absolute atomic E-state index is 0.304. The van der Waals surface area contributed by atoms with Gasteiger partial charge in [0.05, 0.1) is 26.4 Å². The van der Waals surface area contributed by atoms with Crippen LogP contribution in [-0.2, 0) is 4.79 Å². The molecule has 5 N–H and O–H groups in total. The van der Waals surface area contributed by atoms with Gasteiger partial charge < -0.3 is 26.0 Å². The molecule has 1 saturated carbocycles. The monoisotopic (exact) mass is 315 g/mol. The number of urea groups is 1. The van der Waals surface area contributed by atoms with Crippen molar-refractivity contribution in [1.82, 2.24) is 10.6 Å². The summed E-state index contributed by atoms with van der Waals surface area (Å²) >= 11 is 0. The highest BCUT2D eigenvalue weighted by Gasteiger charge is 2.30. The number of rotatable bonds is 8. The van der Waals surface area contributed by atoms with Crippen molar-refractivity contribution in [2.45, 2.75) is 31.2 Å². The minimum atomic E-state index is -1.42. The van der Waals surface area contributed by atoms with Crippen molar-refractivity contribution in [3.8, 4) is 0 Å². The topological polar surface area (TPSA) is 131 Å². The molecule has 1 fully saturated rings. The summed E-state index contributed by atoms with van der Waals surface area (Å²) in [5.41, 5.74) is -1.42. The maximum absolute atomic E-state index is 11.8. The summed E-state index contributed by atoms with van der Waals surface area (Å²) in [7, 11) is 0. The zero-order chi connectivity index (χ0) is 16.4. The molecular weight excluding hydrogens is 290 g/mol. The highest BCUT2D eigenvalue weighted by Crippen LogP contribution is 2.28. The quantitative estimate of drug-likeness (QED) is 0.294. The van der Waals surface area contributed by atoms with E-state index >= 15 is 0 Å². The Morgan fingerprint density at radius 1 is 1.18 bits per heavy atom. The van der Waals surface area contributed by atoms with E-state index in [1.54, 1.807) is 6.08 Å². The Morgan fingerprint density at radius 3 is 2.41 bits per heavy atom. The average molecular weight is 315 g/mol. The van der Waals surface area contributed by atoms with Gasteiger partial charge in [-0.2, -0.15) is 0 Å². The Labute approximate surface area is 129 Å². The average Bonchev–Trinajstić information content (AvgIpc) is 2.56. The number of aliphatic hydroxyl groups excluding tert-OH is 3. The van der Waals surface area contributed by atoms with E-state index < -0.39 is 31.4 Å². The van der Waals surface area contributed by atoms with Crippen LogP contribution in [-0.4, -0.2) is 65.9 Å². The van der Waals surface area contributed by atoms with Crippen molar-refractivity contribution in [1.29, 1.82) is 0 Å². The molecule has 1 aliphatic carbocycles. The predicted molar refractivity (Wildman–Crippen MR) is 79.0 cm³/mol. The van der Waals surface area contributed by atoms with E-state index in [1.165, 1.54) is 0 Å². The Balaban J connectivity index is 2.38. The van der Waals surface area contributed by atoms with Gasteiger partial charge >= 0.3 is 6.03 Å². The van der Waals surface area contributed by atoms with Crippen LogP contribution >= 0.6 is 0 Å². The summed E-state index contributed by atoms with van der Waals surface area (Å²) in [6.07, 6.45) is 5.48. The highest BCUT2D eigenvalue weighted by molar-refractivity contribution is 5.74. The van der Waals surface area contributed by atoms with E-state index in [4.69, 9.17) is 15.3 Å². The highest BCUT2D eigenvalue weighted by atomic mass is 16.3. The summed E-state index contributed by atoms with van der Waals surface area (Å²) in [4.78, 5) is 25.6. The van der Waals surface area contributed by atoms with Crippen molar-refractivity contribution in [2.24, 2.45) is 16.8 Å². The van der Waals surface area contributed by atoms with Gasteiger partial charge in [0.1, 0.15) is 5.54 Å². The van der Waals surface area contributed by atoms with E-state index in [9.17, 15) is 9.59 Å². The first-order valence-corrected chi connectivity index (χ1v) is 7.51. The number of amides is 2. The second-order valence-corrected chi connectivity index (χ2v) is 5.92. The zero-order valence-electron chi connectivity index (χ0n) is 12.6. The van der Waals surface area contributed by atoms with Crippen LogP contribution in [0.5, 0.6) is 0 Å². The molecule has 8 heteroatoms. The van der Waals surface area contributed by atoms with Gasteiger partial charge in [-0.05, 0) is 31.1 Å². The fourth-order valence-corrected chi connectivity index (χ4v) is 2.71. The normalized spacial score (nSPS) is 21.8. The van der Waals surface area contributed by atoms with E-state index in [2.05, 4.69) is 15.6 Å². The predicted octanol–water partition coefficient (Wildman–Crippen LogP) is -0.856. The number of nitrogens with one attached hydrogen (secondary N) is 2. The first kappa shape index (κ1) is 18.6. The lowest BCUT2D eigenvalue weighted by atomic mass is 9.81. The van der Waals surface area contributed by atoms with Gasteiger partial charge in [0.2, 0.25) is 6.08 Å². The maximum atomic E-state index is 11.8. The summed E-state index contributed by atoms with van der Waals surface area (Å²) in [5, 5.41) is 32.6. The number of hydrogen-bond donors (Lipinski definition) is 5. The molecule has 0 heterocycles. The number of aliphatic imine (C=N–C) groups is 1. The lowest BCUT2D eigenvalue weighted by molar-refractivity contribution is 0.0491. The molecule has 0 saturated heterocycles. The van der Waals surface area contributed by atoms with Crippen LogP contribution in [0.15, 0.2) is 4.99 Å². The van der Waals surface area contributed by atoms with Gasteiger partial charge in [-0.25, -0.2) is 14.6 Å². The number of nitrogens with zero attached hydrogens (tertiary/aromatic N) is 1.